The summed E-state index contributed by atoms with van der Waals surface area (Å²) >= 11 is 1.39. The summed E-state index contributed by atoms with van der Waals surface area (Å²) in [5, 5.41) is 9.35. The molecule has 0 aliphatic carbocycles. The summed E-state index contributed by atoms with van der Waals surface area (Å²) in [5.74, 6) is 1.15. The first kappa shape index (κ1) is 27.1. The molecule has 1 heterocycles. The van der Waals surface area contributed by atoms with Crippen LogP contribution < -0.4 is 9.46 Å². The summed E-state index contributed by atoms with van der Waals surface area (Å²) < 4.78 is 38.8. The molecule has 0 fully saturated rings. The molecule has 1 aromatic heterocycles. The van der Waals surface area contributed by atoms with Gasteiger partial charge in [0.25, 0.3) is 10.0 Å². The quantitative estimate of drug-likeness (QED) is 0.160. The van der Waals surface area contributed by atoms with Crippen molar-refractivity contribution in [2.75, 3.05) is 12.9 Å². The van der Waals surface area contributed by atoms with Gasteiger partial charge in [-0.2, -0.15) is 5.26 Å². The Bertz CT molecular complexity index is 1360. The number of thioether (sulfide) groups is 1. The number of hydrogen-bond donors (Lipinski definition) is 1. The summed E-state index contributed by atoms with van der Waals surface area (Å²) in [4.78, 5) is 16.8. The zero-order valence-electron chi connectivity index (χ0n) is 20.4. The molecule has 0 aliphatic heterocycles. The Morgan fingerprint density at radius 3 is 2.56 bits per heavy atom. The van der Waals surface area contributed by atoms with Gasteiger partial charge in [0.15, 0.2) is 11.2 Å². The van der Waals surface area contributed by atoms with E-state index in [0.717, 1.165) is 36.2 Å². The molecule has 3 rings (SSSR count). The second-order valence-corrected chi connectivity index (χ2v) is 10.2. The summed E-state index contributed by atoms with van der Waals surface area (Å²) in [7, 11) is -3.92. The van der Waals surface area contributed by atoms with Crippen LogP contribution >= 0.6 is 11.8 Å². The maximum Gasteiger partial charge on any atom is 0.515 e. The van der Waals surface area contributed by atoms with Crippen molar-refractivity contribution < 1.29 is 22.7 Å². The third-order valence-electron chi connectivity index (χ3n) is 5.29. The molecule has 0 radical (unpaired) electrons. The van der Waals surface area contributed by atoms with Gasteiger partial charge in [-0.25, -0.2) is 22.9 Å². The molecule has 0 saturated carbocycles. The number of rotatable bonds is 11. The van der Waals surface area contributed by atoms with Crippen LogP contribution in [0.3, 0.4) is 0 Å². The number of sulfonamides is 1. The van der Waals surface area contributed by atoms with Crippen LogP contribution in [0.5, 0.6) is 5.88 Å². The van der Waals surface area contributed by atoms with Crippen LogP contribution in [-0.2, 0) is 27.7 Å². The zero-order valence-corrected chi connectivity index (χ0v) is 22.0. The van der Waals surface area contributed by atoms with E-state index in [2.05, 4.69) is 6.92 Å². The second-order valence-electron chi connectivity index (χ2n) is 7.76. The largest absolute Gasteiger partial charge is 0.515 e. The van der Waals surface area contributed by atoms with Crippen LogP contribution in [0.15, 0.2) is 58.5 Å². The van der Waals surface area contributed by atoms with Gasteiger partial charge in [-0.05, 0) is 54.5 Å². The van der Waals surface area contributed by atoms with Gasteiger partial charge >= 0.3 is 6.16 Å². The Hall–Kier alpha value is -3.49. The molecule has 0 bridgehead atoms. The first-order valence-corrected chi connectivity index (χ1v) is 14.1. The number of carbonyl (C=O) groups excluding carboxylic acids is 1. The summed E-state index contributed by atoms with van der Waals surface area (Å²) in [6.45, 7) is 4.40. The monoisotopic (exact) mass is 528 g/mol. The summed E-state index contributed by atoms with van der Waals surface area (Å²) in [5.41, 5.74) is 2.39. The Balaban J connectivity index is 1.99. The van der Waals surface area contributed by atoms with Gasteiger partial charge in [0.05, 0.1) is 18.0 Å². The van der Waals surface area contributed by atoms with Crippen molar-refractivity contribution in [3.63, 3.8) is 0 Å². The molecule has 0 saturated heterocycles. The predicted octanol–water partition coefficient (Wildman–Crippen LogP) is 4.96. The fourth-order valence-electron chi connectivity index (χ4n) is 3.60. The highest BCUT2D eigenvalue weighted by Crippen LogP contribution is 2.31. The molecule has 3 aromatic rings. The van der Waals surface area contributed by atoms with Gasteiger partial charge < -0.3 is 9.47 Å². The first-order chi connectivity index (χ1) is 17.3. The number of unbranched alkanes of at least 4 members (excludes halogenated alkanes) is 1. The number of ether oxygens (including phenoxy) is 2. The van der Waals surface area contributed by atoms with Gasteiger partial charge in [-0.3, -0.25) is 4.57 Å². The number of aromatic nitrogens is 2. The van der Waals surface area contributed by atoms with Crippen molar-refractivity contribution in [3.05, 3.63) is 59.9 Å². The summed E-state index contributed by atoms with van der Waals surface area (Å²) in [6.07, 6.45) is 5.20. The van der Waals surface area contributed by atoms with Crippen LogP contribution in [0.1, 0.15) is 38.1 Å². The van der Waals surface area contributed by atoms with Crippen LogP contribution in [0.2, 0.25) is 0 Å². The molecule has 0 aliphatic rings. The fourth-order valence-corrected chi connectivity index (χ4v) is 4.90. The lowest BCUT2D eigenvalue weighted by molar-refractivity contribution is 0.0998. The number of nitrogens with zero attached hydrogens (tertiary/aromatic N) is 3. The van der Waals surface area contributed by atoms with Gasteiger partial charge in [-0.1, -0.05) is 43.7 Å². The molecular weight excluding hydrogens is 500 g/mol. The molecule has 0 atom stereocenters. The minimum atomic E-state index is -3.92. The maximum absolute atomic E-state index is 12.3. The van der Waals surface area contributed by atoms with E-state index in [1.165, 1.54) is 30.1 Å². The molecule has 0 unspecified atom stereocenters. The number of carbonyl (C=O) groups is 1. The van der Waals surface area contributed by atoms with E-state index in [0.29, 0.717) is 23.0 Å². The van der Waals surface area contributed by atoms with E-state index in [1.54, 1.807) is 19.1 Å². The molecule has 9 nitrogen and oxygen atoms in total. The third-order valence-corrected chi connectivity index (χ3v) is 7.17. The highest BCUT2D eigenvalue weighted by molar-refractivity contribution is 7.98. The van der Waals surface area contributed by atoms with Crippen LogP contribution in [0.4, 0.5) is 4.79 Å². The van der Waals surface area contributed by atoms with Crippen molar-refractivity contribution in [1.82, 2.24) is 14.3 Å². The Morgan fingerprint density at radius 1 is 1.17 bits per heavy atom. The molecule has 36 heavy (non-hydrogen) atoms. The molecule has 1 N–H and O–H groups in total. The van der Waals surface area contributed by atoms with Crippen LogP contribution in [0.25, 0.3) is 11.1 Å². The standard InChI is InChI=1S/C25H28N4O5S2/c1-4-6-13-22-28-23(35-3)24(34-25(30)33-5-2)29(22)16-18-9-7-10-19(14-18)20-11-8-12-21(15-20)36(31,32)27-17-26/h7-12,14-15,27H,4-6,13,16H2,1-3H3. The van der Waals surface area contributed by atoms with Gasteiger partial charge in [-0.15, -0.1) is 11.8 Å². The van der Waals surface area contributed by atoms with E-state index in [-0.39, 0.29) is 11.5 Å². The number of imidazole rings is 1. The lowest BCUT2D eigenvalue weighted by Crippen LogP contribution is -2.17. The molecule has 2 aromatic carbocycles. The van der Waals surface area contributed by atoms with Crippen molar-refractivity contribution in [2.24, 2.45) is 0 Å². The summed E-state index contributed by atoms with van der Waals surface area (Å²) in [6, 6.07) is 14.0. The SMILES string of the molecule is CCCCc1nc(SC)c(OC(=O)OCC)n1Cc1cccc(-c2cccc(S(=O)(=O)NC#N)c2)c1. The first-order valence-electron chi connectivity index (χ1n) is 11.4. The molecule has 0 spiro atoms. The normalized spacial score (nSPS) is 11.1. The number of hydrogen-bond acceptors (Lipinski definition) is 8. The minimum Gasteiger partial charge on any atom is -0.434 e. The van der Waals surface area contributed by atoms with Crippen molar-refractivity contribution >= 4 is 27.9 Å². The number of nitriles is 1. The van der Waals surface area contributed by atoms with Crippen molar-refractivity contribution in [1.29, 1.82) is 5.26 Å². The van der Waals surface area contributed by atoms with E-state index < -0.39 is 16.2 Å². The van der Waals surface area contributed by atoms with Gasteiger partial charge in [0.2, 0.25) is 5.88 Å². The van der Waals surface area contributed by atoms with Gasteiger partial charge in [0.1, 0.15) is 5.82 Å². The average molecular weight is 529 g/mol. The topological polar surface area (TPSA) is 123 Å². The molecule has 0 amide bonds. The van der Waals surface area contributed by atoms with E-state index in [4.69, 9.17) is 19.7 Å². The van der Waals surface area contributed by atoms with E-state index in [1.807, 2.05) is 39.8 Å². The Labute approximate surface area is 215 Å². The predicted molar refractivity (Wildman–Crippen MR) is 137 cm³/mol. The highest BCUT2D eigenvalue weighted by atomic mass is 32.2. The fraction of sp³-hybridized carbons (Fsp3) is 0.320. The van der Waals surface area contributed by atoms with Crippen molar-refractivity contribution in [3.8, 4) is 23.2 Å². The van der Waals surface area contributed by atoms with E-state index in [9.17, 15) is 13.2 Å². The number of nitrogens with one attached hydrogen (secondary N) is 1. The minimum absolute atomic E-state index is 0.00171. The zero-order chi connectivity index (χ0) is 26.1. The number of benzene rings is 2. The molecular formula is C25H28N4O5S2. The van der Waals surface area contributed by atoms with Gasteiger partial charge in [0, 0.05) is 6.42 Å². The Kier molecular flexibility index (Phi) is 9.38. The molecule has 190 valence electrons. The lowest BCUT2D eigenvalue weighted by atomic mass is 10.0. The maximum atomic E-state index is 12.3. The second kappa shape index (κ2) is 12.5. The van der Waals surface area contributed by atoms with Crippen molar-refractivity contribution in [2.45, 2.75) is 49.6 Å². The lowest BCUT2D eigenvalue weighted by Gasteiger charge is -2.13. The average Bonchev–Trinajstić information content (AvgIpc) is 3.18. The number of aryl methyl sites for hydroxylation is 1. The molecule has 11 heteroatoms. The van der Waals surface area contributed by atoms with Crippen LogP contribution in [-0.4, -0.2) is 37.0 Å². The van der Waals surface area contributed by atoms with E-state index >= 15 is 0 Å². The highest BCUT2D eigenvalue weighted by Gasteiger charge is 2.22. The smallest absolute Gasteiger partial charge is 0.434 e. The third kappa shape index (κ3) is 6.59. The van der Waals surface area contributed by atoms with Crippen LogP contribution in [0, 0.1) is 11.5 Å². The Morgan fingerprint density at radius 2 is 1.89 bits per heavy atom.